The molecule has 2 aromatic carbocycles. The van der Waals surface area contributed by atoms with Crippen molar-refractivity contribution in [2.24, 2.45) is 0 Å². The largest absolute Gasteiger partial charge is 0.446 e. The maximum atomic E-state index is 13.2. The molecule has 1 atom stereocenters. The molecule has 7 heteroatoms. The van der Waals surface area contributed by atoms with Gasteiger partial charge in [0.25, 0.3) is 5.91 Å². The van der Waals surface area contributed by atoms with Crippen LogP contribution in [0, 0.1) is 5.82 Å². The van der Waals surface area contributed by atoms with Crippen molar-refractivity contribution in [1.29, 1.82) is 0 Å². The second-order valence-corrected chi connectivity index (χ2v) is 7.20. The average molecular weight is 390 g/mol. The van der Waals surface area contributed by atoms with E-state index in [0.29, 0.717) is 24.7 Å². The summed E-state index contributed by atoms with van der Waals surface area (Å²) in [4.78, 5) is 23.6. The summed E-state index contributed by atoms with van der Waals surface area (Å²) in [5.74, 6) is 0.00846. The fourth-order valence-corrected chi connectivity index (χ4v) is 3.95. The van der Waals surface area contributed by atoms with Crippen LogP contribution in [0.5, 0.6) is 0 Å². The standard InChI is InChI=1S/C22H19FN4O2/c23-16-9-7-15(8-10-16)19-6-3-11-27(19)22(28)18-13-29-21(25-18)12-26-14-24-17-4-1-2-5-20(17)26/h1-2,4-5,7-10,13-14,19H,3,6,11-12H2/t19-/m0/s1. The molecule has 0 bridgehead atoms. The van der Waals surface area contributed by atoms with Gasteiger partial charge in [-0.2, -0.15) is 0 Å². The van der Waals surface area contributed by atoms with Crippen molar-refractivity contribution in [3.05, 3.63) is 84.1 Å². The highest BCUT2D eigenvalue weighted by Crippen LogP contribution is 2.33. The first-order valence-electron chi connectivity index (χ1n) is 9.60. The maximum Gasteiger partial charge on any atom is 0.276 e. The minimum Gasteiger partial charge on any atom is -0.446 e. The van der Waals surface area contributed by atoms with E-state index in [1.54, 1.807) is 23.4 Å². The molecule has 146 valence electrons. The predicted molar refractivity (Wildman–Crippen MR) is 105 cm³/mol. The number of amides is 1. The van der Waals surface area contributed by atoms with Crippen LogP contribution in [-0.2, 0) is 6.54 Å². The Labute approximate surface area is 166 Å². The van der Waals surface area contributed by atoms with Crippen LogP contribution in [0.2, 0.25) is 0 Å². The van der Waals surface area contributed by atoms with Crippen LogP contribution in [0.1, 0.15) is 40.8 Å². The molecule has 0 radical (unpaired) electrons. The molecule has 0 N–H and O–H groups in total. The molecule has 29 heavy (non-hydrogen) atoms. The van der Waals surface area contributed by atoms with E-state index in [1.807, 2.05) is 28.8 Å². The SMILES string of the molecule is O=C(c1coc(Cn2cnc3ccccc32)n1)N1CCC[C@H]1c1ccc(F)cc1. The first-order valence-corrected chi connectivity index (χ1v) is 9.60. The third-order valence-electron chi connectivity index (χ3n) is 5.37. The average Bonchev–Trinajstić information content (AvgIpc) is 3.49. The van der Waals surface area contributed by atoms with Crippen molar-refractivity contribution in [1.82, 2.24) is 19.4 Å². The van der Waals surface area contributed by atoms with Gasteiger partial charge < -0.3 is 13.9 Å². The zero-order valence-corrected chi connectivity index (χ0v) is 15.7. The lowest BCUT2D eigenvalue weighted by Crippen LogP contribution is -2.30. The van der Waals surface area contributed by atoms with Gasteiger partial charge in [-0.25, -0.2) is 14.4 Å². The third-order valence-corrected chi connectivity index (χ3v) is 5.37. The number of rotatable bonds is 4. The molecule has 1 aliphatic rings. The molecule has 4 aromatic rings. The summed E-state index contributed by atoms with van der Waals surface area (Å²) in [7, 11) is 0. The van der Waals surface area contributed by atoms with E-state index in [9.17, 15) is 9.18 Å². The number of imidazole rings is 1. The van der Waals surface area contributed by atoms with Crippen LogP contribution in [0.25, 0.3) is 11.0 Å². The Balaban J connectivity index is 1.35. The first-order chi connectivity index (χ1) is 14.2. The second kappa shape index (κ2) is 7.16. The van der Waals surface area contributed by atoms with Crippen molar-refractivity contribution in [3.63, 3.8) is 0 Å². The summed E-state index contributed by atoms with van der Waals surface area (Å²) in [6.45, 7) is 1.05. The van der Waals surface area contributed by atoms with Crippen LogP contribution >= 0.6 is 0 Å². The van der Waals surface area contributed by atoms with Gasteiger partial charge in [0.15, 0.2) is 5.69 Å². The van der Waals surface area contributed by atoms with Gasteiger partial charge in [0, 0.05) is 6.54 Å². The summed E-state index contributed by atoms with van der Waals surface area (Å²) < 4.78 is 20.7. The van der Waals surface area contributed by atoms with Crippen molar-refractivity contribution < 1.29 is 13.6 Å². The minimum atomic E-state index is -0.280. The molecule has 0 aliphatic carbocycles. The normalized spacial score (nSPS) is 16.6. The third kappa shape index (κ3) is 3.29. The number of nitrogens with zero attached hydrogens (tertiary/aromatic N) is 4. The van der Waals surface area contributed by atoms with Crippen molar-refractivity contribution in [2.45, 2.75) is 25.4 Å². The number of carbonyl (C=O) groups excluding carboxylic acids is 1. The fourth-order valence-electron chi connectivity index (χ4n) is 3.95. The molecule has 2 aromatic heterocycles. The van der Waals surface area contributed by atoms with Crippen molar-refractivity contribution in [3.8, 4) is 0 Å². The number of oxazole rings is 1. The number of fused-ring (bicyclic) bond motifs is 1. The molecule has 1 aliphatic heterocycles. The molecule has 1 amide bonds. The summed E-state index contributed by atoms with van der Waals surface area (Å²) in [5, 5.41) is 0. The molecule has 0 spiro atoms. The topological polar surface area (TPSA) is 64.2 Å². The zero-order chi connectivity index (χ0) is 19.8. The maximum absolute atomic E-state index is 13.2. The second-order valence-electron chi connectivity index (χ2n) is 7.20. The Bertz CT molecular complexity index is 1170. The number of likely N-dealkylation sites (tertiary alicyclic amines) is 1. The van der Waals surface area contributed by atoms with E-state index in [0.717, 1.165) is 29.4 Å². The van der Waals surface area contributed by atoms with Gasteiger partial charge in [0.05, 0.1) is 23.4 Å². The summed E-state index contributed by atoms with van der Waals surface area (Å²) in [5.41, 5.74) is 3.10. The number of hydrogen-bond acceptors (Lipinski definition) is 4. The highest BCUT2D eigenvalue weighted by Gasteiger charge is 2.32. The number of aromatic nitrogens is 3. The first kappa shape index (κ1) is 17.6. The van der Waals surface area contributed by atoms with Gasteiger partial charge in [0.1, 0.15) is 18.6 Å². The van der Waals surface area contributed by atoms with Crippen molar-refractivity contribution >= 4 is 16.9 Å². The molecule has 3 heterocycles. The van der Waals surface area contributed by atoms with Crippen LogP contribution in [0.4, 0.5) is 4.39 Å². The number of para-hydroxylation sites is 2. The van der Waals surface area contributed by atoms with E-state index in [1.165, 1.54) is 18.4 Å². The van der Waals surface area contributed by atoms with Crippen LogP contribution in [0.3, 0.4) is 0 Å². The lowest BCUT2D eigenvalue weighted by molar-refractivity contribution is 0.0729. The highest BCUT2D eigenvalue weighted by molar-refractivity contribution is 5.92. The van der Waals surface area contributed by atoms with Crippen LogP contribution in [0.15, 0.2) is 65.5 Å². The van der Waals surface area contributed by atoms with Gasteiger partial charge in [-0.05, 0) is 42.7 Å². The van der Waals surface area contributed by atoms with E-state index in [-0.39, 0.29) is 17.8 Å². The summed E-state index contributed by atoms with van der Waals surface area (Å²) in [6, 6.07) is 14.1. The zero-order valence-electron chi connectivity index (χ0n) is 15.7. The van der Waals surface area contributed by atoms with Gasteiger partial charge in [-0.3, -0.25) is 4.79 Å². The van der Waals surface area contributed by atoms with Gasteiger partial charge in [-0.1, -0.05) is 24.3 Å². The highest BCUT2D eigenvalue weighted by atomic mass is 19.1. The quantitative estimate of drug-likeness (QED) is 0.524. The minimum absolute atomic E-state index is 0.0687. The molecular weight excluding hydrogens is 371 g/mol. The van der Waals surface area contributed by atoms with E-state index >= 15 is 0 Å². The predicted octanol–water partition coefficient (Wildman–Crippen LogP) is 4.19. The monoisotopic (exact) mass is 390 g/mol. The molecule has 6 nitrogen and oxygen atoms in total. The summed E-state index contributed by atoms with van der Waals surface area (Å²) >= 11 is 0. The Morgan fingerprint density at radius 3 is 2.86 bits per heavy atom. The number of benzene rings is 2. The van der Waals surface area contributed by atoms with E-state index in [2.05, 4.69) is 9.97 Å². The summed E-state index contributed by atoms with van der Waals surface area (Å²) in [6.07, 6.45) is 4.90. The molecule has 1 saturated heterocycles. The lowest BCUT2D eigenvalue weighted by atomic mass is 10.0. The van der Waals surface area contributed by atoms with Gasteiger partial charge in [0.2, 0.25) is 5.89 Å². The Hall–Kier alpha value is -3.48. The van der Waals surface area contributed by atoms with Crippen LogP contribution in [-0.4, -0.2) is 31.9 Å². The fraction of sp³-hybridized carbons (Fsp3) is 0.227. The Kier molecular flexibility index (Phi) is 4.35. The molecule has 1 fully saturated rings. The van der Waals surface area contributed by atoms with Crippen molar-refractivity contribution in [2.75, 3.05) is 6.54 Å². The van der Waals surface area contributed by atoms with E-state index < -0.39 is 0 Å². The molecule has 5 rings (SSSR count). The van der Waals surface area contributed by atoms with E-state index in [4.69, 9.17) is 4.42 Å². The number of halogens is 1. The van der Waals surface area contributed by atoms with Gasteiger partial charge >= 0.3 is 0 Å². The Morgan fingerprint density at radius 2 is 2.00 bits per heavy atom. The molecular formula is C22H19FN4O2. The number of carbonyl (C=O) groups is 1. The molecule has 0 saturated carbocycles. The smallest absolute Gasteiger partial charge is 0.276 e. The lowest BCUT2D eigenvalue weighted by Gasteiger charge is -2.24. The molecule has 0 unspecified atom stereocenters. The number of hydrogen-bond donors (Lipinski definition) is 0. The van der Waals surface area contributed by atoms with Gasteiger partial charge in [-0.15, -0.1) is 0 Å². The Morgan fingerprint density at radius 1 is 1.17 bits per heavy atom. The van der Waals surface area contributed by atoms with Crippen LogP contribution < -0.4 is 0 Å².